The molecule has 3 N–H and O–H groups in total. The molecule has 1 rings (SSSR count). The highest BCUT2D eigenvalue weighted by atomic mass is 16.2. The number of aromatic nitrogens is 2. The number of hydrogen-bond donors (Lipinski definition) is 2. The number of hydrogen-bond acceptors (Lipinski definition) is 3. The van der Waals surface area contributed by atoms with Crippen molar-refractivity contribution >= 4 is 0 Å². The second-order valence-electron chi connectivity index (χ2n) is 2.36. The Bertz CT molecular complexity index is 388. The summed E-state index contributed by atoms with van der Waals surface area (Å²) in [6.07, 6.45) is 0. The van der Waals surface area contributed by atoms with Gasteiger partial charge >= 0.3 is 5.69 Å². The van der Waals surface area contributed by atoms with Crippen LogP contribution in [-0.2, 0) is 0 Å². The van der Waals surface area contributed by atoms with Gasteiger partial charge < -0.3 is 10.8 Å². The van der Waals surface area contributed by atoms with Crippen molar-refractivity contribution in [3.8, 4) is 0 Å². The van der Waals surface area contributed by atoms with Crippen LogP contribution < -0.4 is 17.1 Å². The van der Waals surface area contributed by atoms with Crippen LogP contribution in [0, 0.1) is 13.8 Å². The van der Waals surface area contributed by atoms with Gasteiger partial charge in [-0.2, -0.15) is 4.68 Å². The van der Waals surface area contributed by atoms with E-state index >= 15 is 0 Å². The maximum absolute atomic E-state index is 11.0. The normalized spacial score (nSPS) is 10.0. The average Bonchev–Trinajstić information content (AvgIpc) is 1.97. The van der Waals surface area contributed by atoms with E-state index in [-0.39, 0.29) is 0 Å². The lowest BCUT2D eigenvalue weighted by Crippen LogP contribution is -2.42. The summed E-state index contributed by atoms with van der Waals surface area (Å²) in [5.41, 5.74) is -0.0156. The summed E-state index contributed by atoms with van der Waals surface area (Å²) in [7, 11) is 0. The van der Waals surface area contributed by atoms with Crippen LogP contribution in [0.4, 0.5) is 0 Å². The van der Waals surface area contributed by atoms with E-state index in [1.54, 1.807) is 13.8 Å². The zero-order chi connectivity index (χ0) is 8.59. The molecule has 11 heavy (non-hydrogen) atoms. The van der Waals surface area contributed by atoms with E-state index in [0.717, 1.165) is 0 Å². The molecular formula is C6H9N3O2. The van der Waals surface area contributed by atoms with Gasteiger partial charge in [0.1, 0.15) is 0 Å². The number of aryl methyl sites for hydroxylation is 1. The Morgan fingerprint density at radius 3 is 2.45 bits per heavy atom. The van der Waals surface area contributed by atoms with Gasteiger partial charge in [0, 0.05) is 11.3 Å². The minimum Gasteiger partial charge on any atom is -0.332 e. The molecule has 0 aliphatic carbocycles. The van der Waals surface area contributed by atoms with Gasteiger partial charge in [0.15, 0.2) is 0 Å². The monoisotopic (exact) mass is 155 g/mol. The zero-order valence-electron chi connectivity index (χ0n) is 6.34. The van der Waals surface area contributed by atoms with E-state index in [0.29, 0.717) is 15.9 Å². The molecule has 5 heteroatoms. The van der Waals surface area contributed by atoms with E-state index in [1.165, 1.54) is 0 Å². The van der Waals surface area contributed by atoms with Gasteiger partial charge in [-0.25, -0.2) is 4.79 Å². The molecule has 60 valence electrons. The van der Waals surface area contributed by atoms with Gasteiger partial charge in [-0.3, -0.25) is 4.79 Å². The number of H-pyrrole nitrogens is 1. The largest absolute Gasteiger partial charge is 0.347 e. The minimum absolute atomic E-state index is 0.453. The highest BCUT2D eigenvalue weighted by molar-refractivity contribution is 5.12. The first-order chi connectivity index (χ1) is 5.04. The predicted octanol–water partition coefficient (Wildman–Crippen LogP) is -1.13. The van der Waals surface area contributed by atoms with Crippen LogP contribution >= 0.6 is 0 Å². The molecule has 1 aromatic heterocycles. The fourth-order valence-electron chi connectivity index (χ4n) is 0.748. The topological polar surface area (TPSA) is 80.9 Å². The number of nitrogen functional groups attached to an aromatic ring is 1. The van der Waals surface area contributed by atoms with Crippen molar-refractivity contribution in [2.75, 3.05) is 5.84 Å². The molecule has 0 spiro atoms. The summed E-state index contributed by atoms with van der Waals surface area (Å²) in [5, 5.41) is 0. The molecule has 0 aromatic carbocycles. The van der Waals surface area contributed by atoms with Gasteiger partial charge in [0.2, 0.25) is 0 Å². The molecule has 0 saturated heterocycles. The molecule has 0 radical (unpaired) electrons. The van der Waals surface area contributed by atoms with Crippen LogP contribution in [0.2, 0.25) is 0 Å². The van der Waals surface area contributed by atoms with Gasteiger partial charge in [-0.15, -0.1) is 0 Å². The van der Waals surface area contributed by atoms with E-state index < -0.39 is 11.2 Å². The fraction of sp³-hybridized carbons (Fsp3) is 0.333. The maximum Gasteiger partial charge on any atom is 0.347 e. The van der Waals surface area contributed by atoms with Gasteiger partial charge in [-0.1, -0.05) is 0 Å². The summed E-state index contributed by atoms with van der Waals surface area (Å²) < 4.78 is 0.558. The van der Waals surface area contributed by atoms with Crippen molar-refractivity contribution in [3.05, 3.63) is 32.1 Å². The van der Waals surface area contributed by atoms with E-state index in [1.807, 2.05) is 0 Å². The number of nitrogens with two attached hydrogens (primary N) is 1. The van der Waals surface area contributed by atoms with Gasteiger partial charge in [0.05, 0.1) is 0 Å². The Kier molecular flexibility index (Phi) is 1.56. The third-order valence-electron chi connectivity index (χ3n) is 1.62. The number of nitrogens with zero attached hydrogens (tertiary/aromatic N) is 1. The minimum atomic E-state index is -0.585. The standard InChI is InChI=1S/C6H9N3O2/c1-3-4(2)8-6(11)9(7)5(3)10/h7H2,1-2H3,(H,8,11). The van der Waals surface area contributed by atoms with Crippen LogP contribution in [-0.4, -0.2) is 9.66 Å². The molecular weight excluding hydrogens is 146 g/mol. The van der Waals surface area contributed by atoms with Crippen molar-refractivity contribution in [1.29, 1.82) is 0 Å². The summed E-state index contributed by atoms with van der Waals surface area (Å²) in [6, 6.07) is 0. The van der Waals surface area contributed by atoms with Crippen LogP contribution in [0.1, 0.15) is 11.3 Å². The lowest BCUT2D eigenvalue weighted by atomic mass is 10.3. The number of nitrogens with one attached hydrogen (secondary N) is 1. The average molecular weight is 155 g/mol. The Morgan fingerprint density at radius 1 is 1.36 bits per heavy atom. The molecule has 0 fully saturated rings. The smallest absolute Gasteiger partial charge is 0.332 e. The zero-order valence-corrected chi connectivity index (χ0v) is 6.34. The quantitative estimate of drug-likeness (QED) is 0.465. The third kappa shape index (κ3) is 1.04. The number of aromatic amines is 1. The summed E-state index contributed by atoms with van der Waals surface area (Å²) in [5.74, 6) is 5.11. The molecule has 0 amide bonds. The molecule has 0 atom stereocenters. The second-order valence-corrected chi connectivity index (χ2v) is 2.36. The van der Waals surface area contributed by atoms with Crippen LogP contribution in [0.25, 0.3) is 0 Å². The lowest BCUT2D eigenvalue weighted by molar-refractivity contribution is 0.804. The fourth-order valence-corrected chi connectivity index (χ4v) is 0.748. The first-order valence-corrected chi connectivity index (χ1v) is 3.11. The van der Waals surface area contributed by atoms with Crippen LogP contribution in [0.15, 0.2) is 9.59 Å². The Balaban J connectivity index is 3.74. The van der Waals surface area contributed by atoms with E-state index in [9.17, 15) is 9.59 Å². The SMILES string of the molecule is Cc1[nH]c(=O)n(N)c(=O)c1C. The van der Waals surface area contributed by atoms with Crippen molar-refractivity contribution in [3.63, 3.8) is 0 Å². The molecule has 0 aliphatic heterocycles. The highest BCUT2D eigenvalue weighted by Crippen LogP contribution is 1.89. The van der Waals surface area contributed by atoms with Crippen molar-refractivity contribution in [2.24, 2.45) is 0 Å². The molecule has 1 aromatic rings. The highest BCUT2D eigenvalue weighted by Gasteiger charge is 2.02. The molecule has 0 saturated carbocycles. The van der Waals surface area contributed by atoms with Crippen LogP contribution in [0.5, 0.6) is 0 Å². The van der Waals surface area contributed by atoms with Crippen molar-refractivity contribution in [1.82, 2.24) is 9.66 Å². The molecule has 0 unspecified atom stereocenters. The van der Waals surface area contributed by atoms with E-state index in [2.05, 4.69) is 4.98 Å². The van der Waals surface area contributed by atoms with Crippen molar-refractivity contribution in [2.45, 2.75) is 13.8 Å². The summed E-state index contributed by atoms with van der Waals surface area (Å²) >= 11 is 0. The van der Waals surface area contributed by atoms with Gasteiger partial charge in [-0.05, 0) is 13.8 Å². The molecule has 0 aliphatic rings. The van der Waals surface area contributed by atoms with Crippen molar-refractivity contribution < 1.29 is 0 Å². The Hall–Kier alpha value is -1.52. The van der Waals surface area contributed by atoms with Gasteiger partial charge in [0.25, 0.3) is 5.56 Å². The van der Waals surface area contributed by atoms with E-state index in [4.69, 9.17) is 5.84 Å². The number of rotatable bonds is 0. The van der Waals surface area contributed by atoms with Crippen LogP contribution in [0.3, 0.4) is 0 Å². The summed E-state index contributed by atoms with van der Waals surface area (Å²) in [4.78, 5) is 24.3. The third-order valence-corrected chi connectivity index (χ3v) is 1.62. The predicted molar refractivity (Wildman–Crippen MR) is 40.9 cm³/mol. The lowest BCUT2D eigenvalue weighted by Gasteiger charge is -2.00. The second kappa shape index (κ2) is 2.26. The first kappa shape index (κ1) is 7.59. The summed E-state index contributed by atoms with van der Waals surface area (Å²) in [6.45, 7) is 3.26. The molecule has 5 nitrogen and oxygen atoms in total. The Morgan fingerprint density at radius 2 is 1.91 bits per heavy atom. The molecule has 1 heterocycles. The Labute approximate surface area is 62.4 Å². The maximum atomic E-state index is 11.0. The molecule has 0 bridgehead atoms. The first-order valence-electron chi connectivity index (χ1n) is 3.11.